The highest BCUT2D eigenvalue weighted by atomic mass is 17.2. The number of rotatable bonds is 7. The third-order valence-corrected chi connectivity index (χ3v) is 2.39. The molecule has 0 aliphatic carbocycles. The molecule has 0 heterocycles. The highest BCUT2D eigenvalue weighted by Crippen LogP contribution is 2.25. The molecule has 0 radical (unpaired) electrons. The number of hydrogen-bond acceptors (Lipinski definition) is 4. The van der Waals surface area contributed by atoms with E-state index >= 15 is 0 Å². The number of unbranched alkanes of at least 4 members (excludes halogenated alkanes) is 2. The van der Waals surface area contributed by atoms with E-state index < -0.39 is 17.0 Å². The predicted octanol–water partition coefficient (Wildman–Crippen LogP) is 3.05. The molecule has 100 valence electrons. The molecule has 0 fully saturated rings. The Kier molecular flexibility index (Phi) is 6.39. The molecule has 0 aromatic rings. The standard InChI is InChI=1S/C13H24O4/c1-6-7-8-9-13(5,10-14)11(15)16-17-12(2,3)4/h10H,6-9H2,1-5H3. The van der Waals surface area contributed by atoms with Crippen molar-refractivity contribution >= 4 is 12.3 Å². The van der Waals surface area contributed by atoms with E-state index in [0.29, 0.717) is 12.7 Å². The monoisotopic (exact) mass is 244 g/mol. The number of hydrogen-bond donors (Lipinski definition) is 0. The lowest BCUT2D eigenvalue weighted by molar-refractivity contribution is -0.325. The molecule has 0 saturated heterocycles. The molecule has 0 N–H and O–H groups in total. The summed E-state index contributed by atoms with van der Waals surface area (Å²) in [5.74, 6) is -0.612. The highest BCUT2D eigenvalue weighted by Gasteiger charge is 2.36. The van der Waals surface area contributed by atoms with Crippen LogP contribution >= 0.6 is 0 Å². The first-order chi connectivity index (χ1) is 7.75. The van der Waals surface area contributed by atoms with Crippen LogP contribution < -0.4 is 0 Å². The van der Waals surface area contributed by atoms with E-state index in [1.54, 1.807) is 27.7 Å². The largest absolute Gasteiger partial charge is 0.355 e. The fourth-order valence-corrected chi connectivity index (χ4v) is 1.21. The van der Waals surface area contributed by atoms with Crippen LogP contribution in [0.5, 0.6) is 0 Å². The summed E-state index contributed by atoms with van der Waals surface area (Å²) in [7, 11) is 0. The fourth-order valence-electron chi connectivity index (χ4n) is 1.21. The van der Waals surface area contributed by atoms with Gasteiger partial charge in [0.15, 0.2) is 0 Å². The van der Waals surface area contributed by atoms with E-state index in [9.17, 15) is 9.59 Å². The van der Waals surface area contributed by atoms with Crippen molar-refractivity contribution in [2.24, 2.45) is 5.41 Å². The molecule has 0 aromatic carbocycles. The van der Waals surface area contributed by atoms with Crippen molar-refractivity contribution in [1.82, 2.24) is 0 Å². The first-order valence-electron chi connectivity index (χ1n) is 6.11. The first kappa shape index (κ1) is 16.1. The lowest BCUT2D eigenvalue weighted by Gasteiger charge is -2.23. The Hall–Kier alpha value is -0.900. The van der Waals surface area contributed by atoms with Crippen molar-refractivity contribution in [2.45, 2.75) is 65.9 Å². The van der Waals surface area contributed by atoms with Gasteiger partial charge in [0.25, 0.3) is 0 Å². The van der Waals surface area contributed by atoms with Crippen molar-refractivity contribution in [2.75, 3.05) is 0 Å². The molecule has 4 heteroatoms. The van der Waals surface area contributed by atoms with Crippen LogP contribution in [0.2, 0.25) is 0 Å². The molecule has 0 aliphatic rings. The van der Waals surface area contributed by atoms with E-state index in [4.69, 9.17) is 9.78 Å². The number of aldehydes is 1. The second-order valence-corrected chi connectivity index (χ2v) is 5.56. The highest BCUT2D eigenvalue weighted by molar-refractivity contribution is 5.92. The Morgan fingerprint density at radius 3 is 2.18 bits per heavy atom. The van der Waals surface area contributed by atoms with Crippen molar-refractivity contribution < 1.29 is 19.4 Å². The Morgan fingerprint density at radius 2 is 1.76 bits per heavy atom. The van der Waals surface area contributed by atoms with Crippen LogP contribution in [0.4, 0.5) is 0 Å². The second kappa shape index (κ2) is 6.74. The Bertz CT molecular complexity index is 255. The first-order valence-corrected chi connectivity index (χ1v) is 6.11. The average molecular weight is 244 g/mol. The SMILES string of the molecule is CCCCCC(C)(C=O)C(=O)OOC(C)(C)C. The molecular formula is C13H24O4. The summed E-state index contributed by atoms with van der Waals surface area (Å²) in [4.78, 5) is 32.4. The lowest BCUT2D eigenvalue weighted by atomic mass is 9.86. The average Bonchev–Trinajstić information content (AvgIpc) is 2.25. The molecule has 0 saturated carbocycles. The van der Waals surface area contributed by atoms with E-state index in [1.807, 2.05) is 0 Å². The molecule has 1 unspecified atom stereocenters. The van der Waals surface area contributed by atoms with E-state index in [2.05, 4.69) is 6.92 Å². The molecule has 4 nitrogen and oxygen atoms in total. The molecule has 1 atom stereocenters. The summed E-state index contributed by atoms with van der Waals surface area (Å²) in [6, 6.07) is 0. The number of carbonyl (C=O) groups excluding carboxylic acids is 2. The second-order valence-electron chi connectivity index (χ2n) is 5.56. The van der Waals surface area contributed by atoms with E-state index in [-0.39, 0.29) is 0 Å². The summed E-state index contributed by atoms with van der Waals surface area (Å²) in [6.07, 6.45) is 4.02. The van der Waals surface area contributed by atoms with Crippen LogP contribution in [-0.2, 0) is 19.4 Å². The zero-order valence-electron chi connectivity index (χ0n) is 11.5. The Morgan fingerprint density at radius 1 is 1.18 bits per heavy atom. The molecule has 0 aromatic heterocycles. The normalized spacial score (nSPS) is 15.1. The van der Waals surface area contributed by atoms with Crippen LogP contribution in [0, 0.1) is 5.41 Å². The van der Waals surface area contributed by atoms with Crippen LogP contribution in [-0.4, -0.2) is 17.9 Å². The van der Waals surface area contributed by atoms with Gasteiger partial charge in [-0.15, -0.1) is 0 Å². The van der Waals surface area contributed by atoms with Gasteiger partial charge in [-0.3, -0.25) is 4.89 Å². The molecule has 0 aliphatic heterocycles. The zero-order chi connectivity index (χ0) is 13.5. The third-order valence-electron chi connectivity index (χ3n) is 2.39. The van der Waals surface area contributed by atoms with Gasteiger partial charge < -0.3 is 4.79 Å². The summed E-state index contributed by atoms with van der Waals surface area (Å²) in [5, 5.41) is 0. The molecule has 0 amide bonds. The van der Waals surface area contributed by atoms with Gasteiger partial charge in [0.2, 0.25) is 0 Å². The van der Waals surface area contributed by atoms with E-state index in [1.165, 1.54) is 0 Å². The molecule has 0 rings (SSSR count). The lowest BCUT2D eigenvalue weighted by Crippen LogP contribution is -2.34. The minimum atomic E-state index is -1.10. The summed E-state index contributed by atoms with van der Waals surface area (Å²) < 4.78 is 0. The summed E-state index contributed by atoms with van der Waals surface area (Å²) in [5.41, 5.74) is -1.66. The van der Waals surface area contributed by atoms with E-state index in [0.717, 1.165) is 19.3 Å². The quantitative estimate of drug-likeness (QED) is 0.227. The Balaban J connectivity index is 4.32. The third kappa shape index (κ3) is 6.41. The van der Waals surface area contributed by atoms with Gasteiger partial charge in [-0.25, -0.2) is 4.79 Å². The maximum atomic E-state index is 11.8. The molecule has 0 bridgehead atoms. The topological polar surface area (TPSA) is 52.6 Å². The van der Waals surface area contributed by atoms with Gasteiger partial charge in [-0.05, 0) is 34.1 Å². The summed E-state index contributed by atoms with van der Waals surface area (Å²) >= 11 is 0. The van der Waals surface area contributed by atoms with Crippen LogP contribution in [0.1, 0.15) is 60.3 Å². The maximum absolute atomic E-state index is 11.8. The molecule has 0 spiro atoms. The van der Waals surface area contributed by atoms with Gasteiger partial charge >= 0.3 is 5.97 Å². The predicted molar refractivity (Wildman–Crippen MR) is 65.2 cm³/mol. The van der Waals surface area contributed by atoms with Crippen LogP contribution in [0.15, 0.2) is 0 Å². The van der Waals surface area contributed by atoms with Crippen molar-refractivity contribution in [3.05, 3.63) is 0 Å². The maximum Gasteiger partial charge on any atom is 0.355 e. The Labute approximate surface area is 104 Å². The number of carbonyl (C=O) groups is 2. The summed E-state index contributed by atoms with van der Waals surface area (Å²) in [6.45, 7) is 8.98. The fraction of sp³-hybridized carbons (Fsp3) is 0.846. The zero-order valence-corrected chi connectivity index (χ0v) is 11.5. The van der Waals surface area contributed by atoms with Crippen molar-refractivity contribution in [1.29, 1.82) is 0 Å². The van der Waals surface area contributed by atoms with Crippen LogP contribution in [0.3, 0.4) is 0 Å². The van der Waals surface area contributed by atoms with Gasteiger partial charge in [0, 0.05) is 0 Å². The van der Waals surface area contributed by atoms with Gasteiger partial charge in [0.05, 0.1) is 0 Å². The minimum absolute atomic E-state index is 0.497. The van der Waals surface area contributed by atoms with Crippen LogP contribution in [0.25, 0.3) is 0 Å². The molecule has 17 heavy (non-hydrogen) atoms. The van der Waals surface area contributed by atoms with Gasteiger partial charge in [-0.2, -0.15) is 4.89 Å². The molecular weight excluding hydrogens is 220 g/mol. The minimum Gasteiger partial charge on any atom is -0.302 e. The smallest absolute Gasteiger partial charge is 0.302 e. The van der Waals surface area contributed by atoms with Gasteiger partial charge in [0.1, 0.15) is 17.3 Å². The van der Waals surface area contributed by atoms with Crippen molar-refractivity contribution in [3.63, 3.8) is 0 Å². The van der Waals surface area contributed by atoms with Gasteiger partial charge in [-0.1, -0.05) is 26.2 Å². The van der Waals surface area contributed by atoms with Crippen molar-refractivity contribution in [3.8, 4) is 0 Å².